The van der Waals surface area contributed by atoms with Gasteiger partial charge in [0.25, 0.3) is 5.91 Å². The Labute approximate surface area is 181 Å². The lowest BCUT2D eigenvalue weighted by molar-refractivity contribution is -0.122. The predicted molar refractivity (Wildman–Crippen MR) is 115 cm³/mol. The molecule has 162 valence electrons. The average Bonchev–Trinajstić information content (AvgIpc) is 3.17. The van der Waals surface area contributed by atoms with Gasteiger partial charge in [-0.25, -0.2) is 4.63 Å². The number of likely N-dealkylation sites (tertiary alicyclic amines) is 1. The number of para-hydroxylation sites is 1. The fourth-order valence-electron chi connectivity index (χ4n) is 4.17. The number of hydrogen-bond acceptors (Lipinski definition) is 6. The minimum Gasteiger partial charge on any atom is -0.350 e. The third-order valence-corrected chi connectivity index (χ3v) is 5.95. The Bertz CT molecular complexity index is 1120. The van der Waals surface area contributed by atoms with Crippen LogP contribution in [0.15, 0.2) is 28.9 Å². The summed E-state index contributed by atoms with van der Waals surface area (Å²) in [4.78, 5) is 32.2. The van der Waals surface area contributed by atoms with Crippen LogP contribution < -0.4 is 5.32 Å². The number of pyridine rings is 1. The molecule has 3 aromatic rings. The van der Waals surface area contributed by atoms with E-state index in [2.05, 4.69) is 25.2 Å². The molecule has 4 rings (SSSR count). The van der Waals surface area contributed by atoms with Crippen molar-refractivity contribution in [1.82, 2.24) is 25.5 Å². The lowest BCUT2D eigenvalue weighted by Crippen LogP contribution is -2.41. The summed E-state index contributed by atoms with van der Waals surface area (Å²) < 4.78 is 4.65. The van der Waals surface area contributed by atoms with Gasteiger partial charge in [-0.2, -0.15) is 0 Å². The molecule has 1 aliphatic heterocycles. The fourth-order valence-corrected chi connectivity index (χ4v) is 4.17. The molecule has 1 aromatic carbocycles. The number of benzene rings is 1. The van der Waals surface area contributed by atoms with E-state index < -0.39 is 0 Å². The molecule has 1 saturated heterocycles. The van der Waals surface area contributed by atoms with Gasteiger partial charge in [0.15, 0.2) is 0 Å². The maximum absolute atomic E-state index is 13.3. The van der Waals surface area contributed by atoms with Crippen LogP contribution in [0, 0.1) is 26.7 Å². The number of nitrogens with zero attached hydrogens (tertiary/aromatic N) is 4. The maximum atomic E-state index is 13.3. The van der Waals surface area contributed by atoms with Crippen molar-refractivity contribution in [1.29, 1.82) is 0 Å². The first-order valence-electron chi connectivity index (χ1n) is 10.6. The topological polar surface area (TPSA) is 101 Å². The van der Waals surface area contributed by atoms with Gasteiger partial charge in [0.1, 0.15) is 11.4 Å². The zero-order valence-corrected chi connectivity index (χ0v) is 18.1. The summed E-state index contributed by atoms with van der Waals surface area (Å²) in [6.45, 7) is 7.26. The van der Waals surface area contributed by atoms with Crippen molar-refractivity contribution in [2.24, 2.45) is 5.92 Å². The molecule has 0 bridgehead atoms. The van der Waals surface area contributed by atoms with Gasteiger partial charge in [-0.3, -0.25) is 14.6 Å². The standard InChI is InChI=1S/C23H27N5O3/c1-14-6-4-8-18-11-19(15(2)25-22(14)18)23(30)28-9-5-7-17(13-28)10-21(29)24-12-20-16(3)26-31-27-20/h4,6,8,11,17H,5,7,9-10,12-13H2,1-3H3,(H,24,29)/t17-/m1/s1. The highest BCUT2D eigenvalue weighted by Crippen LogP contribution is 2.24. The highest BCUT2D eigenvalue weighted by atomic mass is 16.6. The van der Waals surface area contributed by atoms with Crippen LogP contribution in [0.4, 0.5) is 0 Å². The third kappa shape index (κ3) is 4.57. The summed E-state index contributed by atoms with van der Waals surface area (Å²) in [6, 6.07) is 7.94. The normalized spacial score (nSPS) is 16.5. The van der Waals surface area contributed by atoms with E-state index in [1.807, 2.05) is 43.0 Å². The lowest BCUT2D eigenvalue weighted by Gasteiger charge is -2.33. The molecule has 2 amide bonds. The Balaban J connectivity index is 1.40. The van der Waals surface area contributed by atoms with Gasteiger partial charge in [0.2, 0.25) is 5.91 Å². The zero-order valence-electron chi connectivity index (χ0n) is 18.1. The molecule has 0 radical (unpaired) electrons. The van der Waals surface area contributed by atoms with Crippen LogP contribution in [0.3, 0.4) is 0 Å². The van der Waals surface area contributed by atoms with Gasteiger partial charge >= 0.3 is 0 Å². The summed E-state index contributed by atoms with van der Waals surface area (Å²) in [7, 11) is 0. The SMILES string of the molecule is Cc1nc2c(C)cccc2cc1C(=O)N1CCC[C@H](CC(=O)NCc2nonc2C)C1. The zero-order chi connectivity index (χ0) is 22.0. The number of fused-ring (bicyclic) bond motifs is 1. The highest BCUT2D eigenvalue weighted by molar-refractivity contribution is 5.99. The number of amides is 2. The Morgan fingerprint density at radius 3 is 2.81 bits per heavy atom. The molecule has 2 aromatic heterocycles. The van der Waals surface area contributed by atoms with Crippen molar-refractivity contribution in [2.75, 3.05) is 13.1 Å². The van der Waals surface area contributed by atoms with Crippen LogP contribution in [-0.4, -0.2) is 45.1 Å². The van der Waals surface area contributed by atoms with Gasteiger partial charge in [-0.15, -0.1) is 0 Å². The largest absolute Gasteiger partial charge is 0.350 e. The molecule has 0 unspecified atom stereocenters. The van der Waals surface area contributed by atoms with Crippen LogP contribution in [0.1, 0.15) is 52.3 Å². The first-order valence-corrected chi connectivity index (χ1v) is 10.6. The Kier molecular flexibility index (Phi) is 5.97. The van der Waals surface area contributed by atoms with Gasteiger partial charge in [0.05, 0.1) is 23.3 Å². The second-order valence-electron chi connectivity index (χ2n) is 8.30. The Hall–Kier alpha value is -3.29. The third-order valence-electron chi connectivity index (χ3n) is 5.95. The van der Waals surface area contributed by atoms with E-state index in [0.717, 1.165) is 35.0 Å². The van der Waals surface area contributed by atoms with Gasteiger partial charge < -0.3 is 10.2 Å². The molecule has 8 heteroatoms. The number of aromatic nitrogens is 3. The summed E-state index contributed by atoms with van der Waals surface area (Å²) in [5.74, 6) is 0.0636. The fraction of sp³-hybridized carbons (Fsp3) is 0.435. The predicted octanol–water partition coefficient (Wildman–Crippen LogP) is 3.10. The van der Waals surface area contributed by atoms with E-state index in [0.29, 0.717) is 43.0 Å². The Morgan fingerprint density at radius 2 is 2.03 bits per heavy atom. The van der Waals surface area contributed by atoms with Gasteiger partial charge in [0, 0.05) is 24.9 Å². The molecule has 0 aliphatic carbocycles. The van der Waals surface area contributed by atoms with Crippen molar-refractivity contribution in [3.05, 3.63) is 52.5 Å². The molecule has 3 heterocycles. The van der Waals surface area contributed by atoms with E-state index in [4.69, 9.17) is 0 Å². The van der Waals surface area contributed by atoms with Crippen molar-refractivity contribution in [3.8, 4) is 0 Å². The van der Waals surface area contributed by atoms with E-state index >= 15 is 0 Å². The number of rotatable bonds is 5. The number of aryl methyl sites for hydroxylation is 3. The molecular formula is C23H27N5O3. The number of nitrogens with one attached hydrogen (secondary N) is 1. The Morgan fingerprint density at radius 1 is 1.19 bits per heavy atom. The van der Waals surface area contributed by atoms with Crippen molar-refractivity contribution < 1.29 is 14.2 Å². The second kappa shape index (κ2) is 8.83. The molecule has 1 fully saturated rings. The van der Waals surface area contributed by atoms with Crippen LogP contribution in [-0.2, 0) is 11.3 Å². The minimum atomic E-state index is -0.0549. The molecular weight excluding hydrogens is 394 g/mol. The van der Waals surface area contributed by atoms with Crippen molar-refractivity contribution in [3.63, 3.8) is 0 Å². The maximum Gasteiger partial charge on any atom is 0.255 e. The van der Waals surface area contributed by atoms with Crippen molar-refractivity contribution >= 4 is 22.7 Å². The van der Waals surface area contributed by atoms with Crippen LogP contribution in [0.25, 0.3) is 10.9 Å². The number of carbonyl (C=O) groups excluding carboxylic acids is 2. The number of carbonyl (C=O) groups is 2. The molecule has 0 saturated carbocycles. The van der Waals surface area contributed by atoms with Crippen LogP contribution in [0.5, 0.6) is 0 Å². The smallest absolute Gasteiger partial charge is 0.255 e. The minimum absolute atomic E-state index is 0.0113. The first-order chi connectivity index (χ1) is 14.9. The van der Waals surface area contributed by atoms with E-state index in [-0.39, 0.29) is 17.7 Å². The molecule has 1 aliphatic rings. The highest BCUT2D eigenvalue weighted by Gasteiger charge is 2.27. The second-order valence-corrected chi connectivity index (χ2v) is 8.30. The summed E-state index contributed by atoms with van der Waals surface area (Å²) in [5.41, 5.74) is 4.70. The van der Waals surface area contributed by atoms with E-state index in [9.17, 15) is 9.59 Å². The number of hydrogen-bond donors (Lipinski definition) is 1. The van der Waals surface area contributed by atoms with Crippen molar-refractivity contribution in [2.45, 2.75) is 46.6 Å². The van der Waals surface area contributed by atoms with E-state index in [1.54, 1.807) is 6.92 Å². The van der Waals surface area contributed by atoms with Gasteiger partial charge in [-0.1, -0.05) is 28.5 Å². The molecule has 8 nitrogen and oxygen atoms in total. The molecule has 1 N–H and O–H groups in total. The summed E-state index contributed by atoms with van der Waals surface area (Å²) in [6.07, 6.45) is 2.19. The monoisotopic (exact) mass is 421 g/mol. The van der Waals surface area contributed by atoms with Crippen LogP contribution >= 0.6 is 0 Å². The summed E-state index contributed by atoms with van der Waals surface area (Å²) >= 11 is 0. The molecule has 1 atom stereocenters. The average molecular weight is 422 g/mol. The van der Waals surface area contributed by atoms with Crippen LogP contribution in [0.2, 0.25) is 0 Å². The first kappa shape index (κ1) is 21.0. The lowest BCUT2D eigenvalue weighted by atomic mass is 9.93. The number of piperidine rings is 1. The quantitative estimate of drug-likeness (QED) is 0.679. The molecule has 31 heavy (non-hydrogen) atoms. The van der Waals surface area contributed by atoms with Gasteiger partial charge in [-0.05, 0) is 51.2 Å². The summed E-state index contributed by atoms with van der Waals surface area (Å²) in [5, 5.41) is 11.3. The molecule has 0 spiro atoms. The van der Waals surface area contributed by atoms with E-state index in [1.165, 1.54) is 0 Å².